The molecule has 16 nitrogen and oxygen atoms in total. The van der Waals surface area contributed by atoms with E-state index in [1.807, 2.05) is 57.7 Å². The molecule has 2 N–H and O–H groups in total. The lowest BCUT2D eigenvalue weighted by Gasteiger charge is -2.29. The Morgan fingerprint density at radius 3 is 2.16 bits per heavy atom. The lowest BCUT2D eigenvalue weighted by atomic mass is 9.77. The first-order chi connectivity index (χ1) is 28.5. The largest absolute Gasteiger partial charge is 0.344 e. The van der Waals surface area contributed by atoms with Crippen LogP contribution in [-0.2, 0) is 56.7 Å². The summed E-state index contributed by atoms with van der Waals surface area (Å²) in [6.07, 6.45) is 8.26. The number of rotatable bonds is 18. The molecule has 0 aliphatic carbocycles. The maximum Gasteiger partial charge on any atom is 0.333 e. The third-order valence-corrected chi connectivity index (χ3v) is 12.7. The zero-order valence-electron chi connectivity index (χ0n) is 34.7. The summed E-state index contributed by atoms with van der Waals surface area (Å²) in [6.45, 7) is 10.3. The molecule has 2 aliphatic rings. The van der Waals surface area contributed by atoms with Gasteiger partial charge in [0.2, 0.25) is 0 Å². The normalized spacial score (nSPS) is 16.5. The van der Waals surface area contributed by atoms with Crippen molar-refractivity contribution >= 4 is 55.1 Å². The van der Waals surface area contributed by atoms with Crippen LogP contribution in [0.15, 0.2) is 99.4 Å². The summed E-state index contributed by atoms with van der Waals surface area (Å²) in [4.78, 5) is 58.2. The Hall–Kier alpha value is -5.56. The van der Waals surface area contributed by atoms with Crippen LogP contribution >= 0.6 is 0 Å². The zero-order valence-corrected chi connectivity index (χ0v) is 36.3. The van der Waals surface area contributed by atoms with E-state index in [2.05, 4.69) is 0 Å². The van der Waals surface area contributed by atoms with Crippen molar-refractivity contribution in [3.8, 4) is 0 Å². The van der Waals surface area contributed by atoms with Gasteiger partial charge in [-0.1, -0.05) is 58.4 Å². The molecule has 3 aromatic rings. The van der Waals surface area contributed by atoms with Gasteiger partial charge in [-0.3, -0.25) is 33.8 Å². The number of carbonyl (C=O) groups is 3. The molecule has 1 fully saturated rings. The molecule has 0 atom stereocenters. The number of hydrogen-bond acceptors (Lipinski definition) is 12. The number of amides is 2. The molecule has 0 saturated carbocycles. The fourth-order valence-electron chi connectivity index (χ4n) is 7.61. The Morgan fingerprint density at radius 1 is 0.918 bits per heavy atom. The standard InChI is InChI=1S/C43H50N4O12S2/c1-29-15-20-32(60(53,54)55)27-34(29)42(2,3)37(44-25-10-11-30-16-18-31(19-17-30)47(51)52)12-9-13-38-43(4,5)35-28-33(61(56,57)58)21-22-36(35)45(38)26-8-6-7-14-41(50)59-46-39(48)23-24-40(46)49/h9,12-13,15-22,27-28H,6-8,10-11,14,23-26H2,1-5H3,(H,53,54,55)(H,56,57,58)/b12-9+,38-13+,44-37?. The number of nitrogens with zero attached hydrogens (tertiary/aromatic N) is 4. The predicted molar refractivity (Wildman–Crippen MR) is 227 cm³/mol. The maximum absolute atomic E-state index is 12.4. The SMILES string of the molecule is Cc1ccc(S(=O)(=O)O)cc1C(C)(C)C(/C=C/C=C1/N(CCCCCC(=O)ON2C(=O)CCC2=O)c2ccc(S(=O)(=O)O)cc2C1(C)C)=NCCCc1ccc([N+](=O)[O-])cc1. The number of benzene rings is 3. The van der Waals surface area contributed by atoms with Gasteiger partial charge in [-0.25, -0.2) is 4.79 Å². The number of fused-ring (bicyclic) bond motifs is 1. The molecular formula is C43H50N4O12S2. The number of nitro groups is 1. The quantitative estimate of drug-likeness (QED) is 0.0323. The number of aryl methyl sites for hydroxylation is 2. The van der Waals surface area contributed by atoms with E-state index >= 15 is 0 Å². The number of non-ortho nitro benzene ring substituents is 1. The first-order valence-corrected chi connectivity index (χ1v) is 22.6. The van der Waals surface area contributed by atoms with Gasteiger partial charge in [0, 0.05) is 72.4 Å². The van der Waals surface area contributed by atoms with Gasteiger partial charge in [-0.05, 0) is 97.3 Å². The van der Waals surface area contributed by atoms with Crippen molar-refractivity contribution in [1.82, 2.24) is 5.06 Å². The van der Waals surface area contributed by atoms with E-state index in [-0.39, 0.29) is 34.7 Å². The summed E-state index contributed by atoms with van der Waals surface area (Å²) in [5.74, 6) is -1.80. The Morgan fingerprint density at radius 2 is 1.54 bits per heavy atom. The average molecular weight is 879 g/mol. The number of imide groups is 1. The highest BCUT2D eigenvalue weighted by molar-refractivity contribution is 7.86. The van der Waals surface area contributed by atoms with E-state index in [9.17, 15) is 50.4 Å². The van der Waals surface area contributed by atoms with Gasteiger partial charge >= 0.3 is 5.97 Å². The Kier molecular flexibility index (Phi) is 14.2. The van der Waals surface area contributed by atoms with Crippen molar-refractivity contribution in [2.75, 3.05) is 18.0 Å². The van der Waals surface area contributed by atoms with Crippen LogP contribution in [0.4, 0.5) is 11.4 Å². The number of carbonyl (C=O) groups excluding carboxylic acids is 3. The van der Waals surface area contributed by atoms with Gasteiger partial charge in [-0.2, -0.15) is 16.8 Å². The van der Waals surface area contributed by atoms with Crippen LogP contribution in [0, 0.1) is 17.0 Å². The third-order valence-electron chi connectivity index (χ3n) is 11.0. The highest BCUT2D eigenvalue weighted by Crippen LogP contribution is 2.48. The Bertz CT molecular complexity index is 2510. The van der Waals surface area contributed by atoms with Gasteiger partial charge in [0.1, 0.15) is 0 Å². The number of aliphatic imine (C=N–C) groups is 1. The average Bonchev–Trinajstić information content (AvgIpc) is 3.60. The number of hydroxylamine groups is 2. The van der Waals surface area contributed by atoms with Crippen LogP contribution in [0.25, 0.3) is 0 Å². The van der Waals surface area contributed by atoms with Gasteiger partial charge in [0.25, 0.3) is 37.7 Å². The smallest absolute Gasteiger partial charge is 0.333 e. The second kappa shape index (κ2) is 18.6. The number of anilines is 1. The van der Waals surface area contributed by atoms with Crippen LogP contribution in [0.5, 0.6) is 0 Å². The molecule has 2 amide bonds. The van der Waals surface area contributed by atoms with E-state index in [0.717, 1.165) is 22.5 Å². The van der Waals surface area contributed by atoms with Crippen LogP contribution in [0.1, 0.15) is 94.9 Å². The number of hydrogen-bond donors (Lipinski definition) is 2. The van der Waals surface area contributed by atoms with Crippen molar-refractivity contribution in [1.29, 1.82) is 0 Å². The van der Waals surface area contributed by atoms with Crippen molar-refractivity contribution < 1.29 is 50.1 Å². The minimum Gasteiger partial charge on any atom is -0.344 e. The fourth-order valence-corrected chi connectivity index (χ4v) is 8.62. The summed E-state index contributed by atoms with van der Waals surface area (Å²) >= 11 is 0. The van der Waals surface area contributed by atoms with Crippen LogP contribution in [0.3, 0.4) is 0 Å². The highest BCUT2D eigenvalue weighted by Gasteiger charge is 2.40. The monoisotopic (exact) mass is 878 g/mol. The van der Waals surface area contributed by atoms with Gasteiger partial charge in [0.15, 0.2) is 0 Å². The van der Waals surface area contributed by atoms with Gasteiger partial charge in [-0.15, -0.1) is 5.06 Å². The summed E-state index contributed by atoms with van der Waals surface area (Å²) in [5, 5.41) is 11.6. The van der Waals surface area contributed by atoms with E-state index in [0.29, 0.717) is 67.1 Å². The molecule has 0 radical (unpaired) electrons. The van der Waals surface area contributed by atoms with Crippen LogP contribution in [-0.4, -0.2) is 72.5 Å². The van der Waals surface area contributed by atoms with Gasteiger partial charge in [0.05, 0.1) is 14.7 Å². The molecule has 61 heavy (non-hydrogen) atoms. The lowest BCUT2D eigenvalue weighted by molar-refractivity contribution is -0.384. The molecule has 0 spiro atoms. The first kappa shape index (κ1) is 46.5. The molecule has 1 saturated heterocycles. The van der Waals surface area contributed by atoms with Crippen molar-refractivity contribution in [2.45, 2.75) is 107 Å². The van der Waals surface area contributed by atoms with Crippen LogP contribution < -0.4 is 4.90 Å². The Labute approximate surface area is 355 Å². The maximum atomic E-state index is 12.4. The minimum atomic E-state index is -4.52. The lowest BCUT2D eigenvalue weighted by Crippen LogP contribution is -2.32. The van der Waals surface area contributed by atoms with Crippen LogP contribution in [0.2, 0.25) is 0 Å². The van der Waals surface area contributed by atoms with Gasteiger partial charge < -0.3 is 9.74 Å². The number of unbranched alkanes of at least 4 members (excludes halogenated alkanes) is 2. The number of allylic oxidation sites excluding steroid dienone is 4. The molecule has 326 valence electrons. The molecule has 18 heteroatoms. The van der Waals surface area contributed by atoms with E-state index in [1.54, 1.807) is 24.3 Å². The summed E-state index contributed by atoms with van der Waals surface area (Å²) in [6, 6.07) is 15.1. The molecule has 2 aliphatic heterocycles. The van der Waals surface area contributed by atoms with E-state index in [4.69, 9.17) is 9.83 Å². The molecule has 0 aromatic heterocycles. The van der Waals surface area contributed by atoms with E-state index < -0.39 is 53.8 Å². The fraction of sp³-hybridized carbons (Fsp3) is 0.395. The molecule has 3 aromatic carbocycles. The summed E-state index contributed by atoms with van der Waals surface area (Å²) < 4.78 is 68.5. The molecule has 0 unspecified atom stereocenters. The molecule has 5 rings (SSSR count). The highest BCUT2D eigenvalue weighted by atomic mass is 32.2. The van der Waals surface area contributed by atoms with Crippen molar-refractivity contribution in [2.24, 2.45) is 4.99 Å². The first-order valence-electron chi connectivity index (χ1n) is 19.7. The van der Waals surface area contributed by atoms with Crippen molar-refractivity contribution in [3.63, 3.8) is 0 Å². The molecule has 2 heterocycles. The molecule has 0 bridgehead atoms. The van der Waals surface area contributed by atoms with E-state index in [1.165, 1.54) is 36.4 Å². The second-order valence-corrected chi connectivity index (χ2v) is 18.9. The Balaban J connectivity index is 1.44. The third kappa shape index (κ3) is 11.0. The zero-order chi connectivity index (χ0) is 44.9. The topological polar surface area (TPSA) is 231 Å². The van der Waals surface area contributed by atoms with Crippen molar-refractivity contribution in [3.05, 3.63) is 117 Å². The number of nitro benzene ring substituents is 1. The molecular weight excluding hydrogens is 829 g/mol. The predicted octanol–water partition coefficient (Wildman–Crippen LogP) is 7.15. The second-order valence-electron chi connectivity index (χ2n) is 16.1. The minimum absolute atomic E-state index is 0.000862. The summed E-state index contributed by atoms with van der Waals surface area (Å²) in [5.41, 5.74) is 3.37. The summed E-state index contributed by atoms with van der Waals surface area (Å²) in [7, 11) is -9.03.